The van der Waals surface area contributed by atoms with Gasteiger partial charge in [0, 0.05) is 50.5 Å². The summed E-state index contributed by atoms with van der Waals surface area (Å²) >= 11 is 0. The van der Waals surface area contributed by atoms with Crippen molar-refractivity contribution in [3.05, 3.63) is 217 Å². The number of nitriles is 2. The van der Waals surface area contributed by atoms with Gasteiger partial charge in [0.2, 0.25) is 0 Å². The monoisotopic (exact) mass is 855 g/mol. The second-order valence-corrected chi connectivity index (χ2v) is 16.6. The maximum atomic E-state index is 14.8. The Morgan fingerprint density at radius 2 is 0.970 bits per heavy atom. The van der Waals surface area contributed by atoms with Crippen LogP contribution in [0.4, 0.5) is 47.3 Å². The predicted molar refractivity (Wildman–Crippen MR) is 260 cm³/mol. The molecule has 9 heteroatoms. The van der Waals surface area contributed by atoms with Crippen molar-refractivity contribution in [2.45, 2.75) is 6.18 Å². The average Bonchev–Trinajstić information content (AvgIpc) is 3.69. The fraction of sp³-hybridized carbons (Fsp3) is 0.0175. The molecule has 0 saturated heterocycles. The van der Waals surface area contributed by atoms with Gasteiger partial charge in [-0.3, -0.25) is 0 Å². The number of rotatable bonds is 5. The molecule has 0 saturated carbocycles. The number of fused-ring (bicyclic) bond motifs is 7. The Balaban J connectivity index is 1.12. The minimum atomic E-state index is -4.76. The van der Waals surface area contributed by atoms with Crippen molar-refractivity contribution < 1.29 is 13.2 Å². The zero-order valence-electron chi connectivity index (χ0n) is 35.0. The second-order valence-electron chi connectivity index (χ2n) is 16.6. The van der Waals surface area contributed by atoms with Crippen LogP contribution in [0.15, 0.2) is 200 Å². The SMILES string of the molecule is N#Cc1ccc(-n2c3ccccc3c3cc(-c4cc5c6c(c4)N(c4ccccc4)c4ccccc4B6c4ccccc4N5c4ccccc4)ccc32)c(-c2ccc(C#N)cc2C(F)(F)F)c1. The van der Waals surface area contributed by atoms with Crippen molar-refractivity contribution >= 4 is 79.0 Å². The standard InChI is InChI=1S/C57H33BF3N5/c59-57(60,61)46-30-37(35-63)23-26-42(46)44-29-36(34-62)24-27-50(44)66-49-20-10-7-17-43(49)45-31-38(25-28-51(45)66)39-32-54-56-55(33-39)65(41-15-5-2-6-16-41)53-22-12-9-19-48(53)58(56)47-18-8-11-21-52(47)64(54)40-13-3-1-4-14-40/h1-33H. The van der Waals surface area contributed by atoms with Crippen LogP contribution in [0.5, 0.6) is 0 Å². The van der Waals surface area contributed by atoms with Crippen molar-refractivity contribution in [3.63, 3.8) is 0 Å². The first-order valence-corrected chi connectivity index (χ1v) is 21.6. The lowest BCUT2D eigenvalue weighted by Crippen LogP contribution is -2.61. The number of anilines is 6. The van der Waals surface area contributed by atoms with Crippen LogP contribution in [0.2, 0.25) is 0 Å². The molecular weight excluding hydrogens is 822 g/mol. The number of aromatic nitrogens is 1. The van der Waals surface area contributed by atoms with Crippen LogP contribution < -0.4 is 26.2 Å². The Labute approximate surface area is 378 Å². The van der Waals surface area contributed by atoms with E-state index in [1.165, 1.54) is 34.6 Å². The van der Waals surface area contributed by atoms with Crippen molar-refractivity contribution in [1.29, 1.82) is 10.5 Å². The molecule has 3 heterocycles. The van der Waals surface area contributed by atoms with Crippen LogP contribution in [0.1, 0.15) is 16.7 Å². The highest BCUT2D eigenvalue weighted by Crippen LogP contribution is 2.47. The number of hydrogen-bond acceptors (Lipinski definition) is 4. The van der Waals surface area contributed by atoms with Gasteiger partial charge in [-0.2, -0.15) is 23.7 Å². The lowest BCUT2D eigenvalue weighted by atomic mass is 9.33. The minimum absolute atomic E-state index is 0.0348. The third-order valence-corrected chi connectivity index (χ3v) is 13.0. The summed E-state index contributed by atoms with van der Waals surface area (Å²) < 4.78 is 46.4. The molecule has 5 nitrogen and oxygen atoms in total. The largest absolute Gasteiger partial charge is 0.417 e. The Hall–Kier alpha value is -8.79. The van der Waals surface area contributed by atoms with Gasteiger partial charge in [0.05, 0.1) is 45.5 Å². The van der Waals surface area contributed by atoms with Gasteiger partial charge in [-0.05, 0) is 130 Å². The molecule has 9 aromatic carbocycles. The quantitative estimate of drug-likeness (QED) is 0.162. The molecular formula is C57H33BF3N5. The van der Waals surface area contributed by atoms with Crippen molar-refractivity contribution in [1.82, 2.24) is 4.57 Å². The molecule has 2 aliphatic heterocycles. The number of halogens is 3. The molecule has 0 radical (unpaired) electrons. The summed E-state index contributed by atoms with van der Waals surface area (Å²) in [6.07, 6.45) is -4.76. The van der Waals surface area contributed by atoms with Crippen molar-refractivity contribution in [2.24, 2.45) is 0 Å². The molecule has 0 N–H and O–H groups in total. The average molecular weight is 856 g/mol. The first-order chi connectivity index (χ1) is 32.3. The Morgan fingerprint density at radius 3 is 1.59 bits per heavy atom. The highest BCUT2D eigenvalue weighted by Gasteiger charge is 2.43. The summed E-state index contributed by atoms with van der Waals surface area (Å²) in [6.45, 7) is -0.0348. The molecule has 66 heavy (non-hydrogen) atoms. The lowest BCUT2D eigenvalue weighted by Gasteiger charge is -2.44. The number of benzene rings is 9. The first kappa shape index (κ1) is 38.9. The fourth-order valence-electron chi connectivity index (χ4n) is 10.3. The Kier molecular flexibility index (Phi) is 8.78. The van der Waals surface area contributed by atoms with Gasteiger partial charge in [-0.1, -0.05) is 103 Å². The van der Waals surface area contributed by atoms with Crippen molar-refractivity contribution in [2.75, 3.05) is 9.80 Å². The van der Waals surface area contributed by atoms with E-state index in [0.717, 1.165) is 73.1 Å². The minimum Gasteiger partial charge on any atom is -0.311 e. The molecule has 2 aliphatic rings. The maximum absolute atomic E-state index is 14.8. The van der Waals surface area contributed by atoms with Gasteiger partial charge < -0.3 is 14.4 Å². The van der Waals surface area contributed by atoms with Crippen LogP contribution in [0, 0.1) is 22.7 Å². The number of nitrogens with zero attached hydrogens (tertiary/aromatic N) is 5. The highest BCUT2D eigenvalue weighted by molar-refractivity contribution is 7.00. The molecule has 10 aromatic rings. The molecule has 0 spiro atoms. The van der Waals surface area contributed by atoms with Gasteiger partial charge in [0.15, 0.2) is 0 Å². The third-order valence-electron chi connectivity index (χ3n) is 13.0. The smallest absolute Gasteiger partial charge is 0.311 e. The van der Waals surface area contributed by atoms with E-state index < -0.39 is 11.7 Å². The van der Waals surface area contributed by atoms with Crippen LogP contribution in [-0.4, -0.2) is 11.3 Å². The molecule has 0 unspecified atom stereocenters. The maximum Gasteiger partial charge on any atom is 0.417 e. The molecule has 0 bridgehead atoms. The lowest BCUT2D eigenvalue weighted by molar-refractivity contribution is -0.137. The molecule has 1 aromatic heterocycles. The molecule has 0 amide bonds. The van der Waals surface area contributed by atoms with Gasteiger partial charge in [-0.25, -0.2) is 0 Å². The molecule has 0 atom stereocenters. The normalized spacial score (nSPS) is 12.7. The van der Waals surface area contributed by atoms with Crippen LogP contribution in [-0.2, 0) is 6.18 Å². The summed E-state index contributed by atoms with van der Waals surface area (Å²) in [5.74, 6) is 0. The van der Waals surface area contributed by atoms with Gasteiger partial charge >= 0.3 is 6.18 Å². The van der Waals surface area contributed by atoms with E-state index in [9.17, 15) is 23.7 Å². The molecule has 0 aliphatic carbocycles. The molecule has 12 rings (SSSR count). The summed E-state index contributed by atoms with van der Waals surface area (Å²) in [4.78, 5) is 4.75. The third kappa shape index (κ3) is 5.95. The second kappa shape index (κ2) is 14.9. The number of hydrogen-bond donors (Lipinski definition) is 0. The highest BCUT2D eigenvalue weighted by atomic mass is 19.4. The van der Waals surface area contributed by atoms with E-state index in [4.69, 9.17) is 0 Å². The van der Waals surface area contributed by atoms with Crippen LogP contribution in [0.3, 0.4) is 0 Å². The summed E-state index contributed by atoms with van der Waals surface area (Å²) in [6, 6.07) is 69.5. The van der Waals surface area contributed by atoms with E-state index >= 15 is 0 Å². The van der Waals surface area contributed by atoms with Gasteiger partial charge in [0.25, 0.3) is 6.71 Å². The van der Waals surface area contributed by atoms with E-state index in [1.54, 1.807) is 12.1 Å². The van der Waals surface area contributed by atoms with Crippen LogP contribution >= 0.6 is 0 Å². The van der Waals surface area contributed by atoms with E-state index in [0.29, 0.717) is 5.69 Å². The number of alkyl halides is 3. The zero-order chi connectivity index (χ0) is 44.7. The van der Waals surface area contributed by atoms with E-state index in [-0.39, 0.29) is 29.0 Å². The topological polar surface area (TPSA) is 59.0 Å². The van der Waals surface area contributed by atoms with E-state index in [1.807, 2.05) is 53.1 Å². The van der Waals surface area contributed by atoms with Crippen LogP contribution in [0.25, 0.3) is 49.7 Å². The Bertz CT molecular complexity index is 3590. The zero-order valence-corrected chi connectivity index (χ0v) is 35.0. The van der Waals surface area contributed by atoms with E-state index in [2.05, 4.69) is 137 Å². The number of para-hydroxylation sites is 5. The first-order valence-electron chi connectivity index (χ1n) is 21.6. The molecule has 0 fully saturated rings. The van der Waals surface area contributed by atoms with Gasteiger partial charge in [0.1, 0.15) is 0 Å². The Morgan fingerprint density at radius 1 is 0.424 bits per heavy atom. The van der Waals surface area contributed by atoms with Gasteiger partial charge in [-0.15, -0.1) is 0 Å². The summed E-state index contributed by atoms with van der Waals surface area (Å²) in [7, 11) is 0. The van der Waals surface area contributed by atoms with Crippen molar-refractivity contribution in [3.8, 4) is 40.1 Å². The fourth-order valence-corrected chi connectivity index (χ4v) is 10.3. The predicted octanol–water partition coefficient (Wildman–Crippen LogP) is 13.0. The summed E-state index contributed by atoms with van der Waals surface area (Å²) in [5.41, 5.74) is 13.4. The summed E-state index contributed by atoms with van der Waals surface area (Å²) in [5, 5.41) is 21.4. The molecule has 310 valence electrons.